The minimum absolute atomic E-state index is 0.780. The van der Waals surface area contributed by atoms with Crippen molar-refractivity contribution in [2.75, 3.05) is 31.1 Å². The molecular formula is C21H24ClN3S. The lowest BCUT2D eigenvalue weighted by Gasteiger charge is -2.34. The first-order valence-corrected chi connectivity index (χ1v) is 10.4. The Balaban J connectivity index is 1.42. The van der Waals surface area contributed by atoms with Crippen LogP contribution in [-0.2, 0) is 13.0 Å². The molecule has 0 aliphatic carbocycles. The molecule has 0 unspecified atom stereocenters. The summed E-state index contributed by atoms with van der Waals surface area (Å²) < 4.78 is 1.17. The van der Waals surface area contributed by atoms with Crippen molar-refractivity contribution < 1.29 is 0 Å². The van der Waals surface area contributed by atoms with E-state index in [4.69, 9.17) is 16.6 Å². The van der Waals surface area contributed by atoms with Crippen LogP contribution in [-0.4, -0.2) is 36.1 Å². The summed E-state index contributed by atoms with van der Waals surface area (Å²) in [6.45, 7) is 9.69. The highest BCUT2D eigenvalue weighted by atomic mass is 35.5. The Morgan fingerprint density at radius 1 is 1.08 bits per heavy atom. The number of benzene rings is 2. The van der Waals surface area contributed by atoms with Crippen LogP contribution in [0.3, 0.4) is 0 Å². The quantitative estimate of drug-likeness (QED) is 0.619. The Kier molecular flexibility index (Phi) is 5.16. The predicted octanol–water partition coefficient (Wildman–Crippen LogP) is 5.14. The second-order valence-corrected chi connectivity index (χ2v) is 8.43. The van der Waals surface area contributed by atoms with E-state index in [2.05, 4.69) is 41.8 Å². The number of thiazole rings is 1. The van der Waals surface area contributed by atoms with E-state index in [1.165, 1.54) is 21.4 Å². The Bertz CT molecular complexity index is 913. The molecule has 0 amide bonds. The Labute approximate surface area is 164 Å². The summed E-state index contributed by atoms with van der Waals surface area (Å²) in [6.07, 6.45) is 1.10. The highest BCUT2D eigenvalue weighted by molar-refractivity contribution is 7.22. The largest absolute Gasteiger partial charge is 0.345 e. The third-order valence-corrected chi connectivity index (χ3v) is 6.51. The topological polar surface area (TPSA) is 19.4 Å². The highest BCUT2D eigenvalue weighted by Crippen LogP contribution is 2.31. The van der Waals surface area contributed by atoms with E-state index < -0.39 is 0 Å². The number of fused-ring (bicyclic) bond motifs is 1. The monoisotopic (exact) mass is 385 g/mol. The molecule has 4 rings (SSSR count). The van der Waals surface area contributed by atoms with Gasteiger partial charge in [-0.3, -0.25) is 4.90 Å². The van der Waals surface area contributed by atoms with Crippen molar-refractivity contribution in [3.63, 3.8) is 0 Å². The van der Waals surface area contributed by atoms with E-state index in [0.717, 1.165) is 54.8 Å². The molecule has 1 aromatic heterocycles. The summed E-state index contributed by atoms with van der Waals surface area (Å²) in [7, 11) is 0. The van der Waals surface area contributed by atoms with Crippen LogP contribution in [0, 0.1) is 6.92 Å². The molecule has 1 fully saturated rings. The van der Waals surface area contributed by atoms with Gasteiger partial charge in [0, 0.05) is 37.7 Å². The maximum absolute atomic E-state index is 6.10. The van der Waals surface area contributed by atoms with E-state index in [9.17, 15) is 0 Å². The van der Waals surface area contributed by atoms with E-state index >= 15 is 0 Å². The molecule has 5 heteroatoms. The molecule has 26 heavy (non-hydrogen) atoms. The summed E-state index contributed by atoms with van der Waals surface area (Å²) >= 11 is 7.85. The number of aromatic nitrogens is 1. The first kappa shape index (κ1) is 17.8. The second kappa shape index (κ2) is 7.55. The minimum Gasteiger partial charge on any atom is -0.345 e. The Morgan fingerprint density at radius 3 is 2.65 bits per heavy atom. The van der Waals surface area contributed by atoms with Crippen molar-refractivity contribution in [1.82, 2.24) is 9.88 Å². The molecule has 2 aromatic carbocycles. The Morgan fingerprint density at radius 2 is 1.88 bits per heavy atom. The van der Waals surface area contributed by atoms with Crippen LogP contribution in [0.4, 0.5) is 5.13 Å². The van der Waals surface area contributed by atoms with Crippen LogP contribution in [0.2, 0.25) is 5.02 Å². The van der Waals surface area contributed by atoms with E-state index in [0.29, 0.717) is 0 Å². The van der Waals surface area contributed by atoms with Crippen LogP contribution in [0.5, 0.6) is 0 Å². The van der Waals surface area contributed by atoms with Gasteiger partial charge < -0.3 is 4.90 Å². The number of aryl methyl sites for hydroxylation is 2. The third-order valence-electron chi connectivity index (χ3n) is 5.20. The van der Waals surface area contributed by atoms with Crippen molar-refractivity contribution in [3.05, 3.63) is 58.1 Å². The zero-order valence-electron chi connectivity index (χ0n) is 15.3. The number of piperazine rings is 1. The molecule has 3 nitrogen and oxygen atoms in total. The highest BCUT2D eigenvalue weighted by Gasteiger charge is 2.20. The van der Waals surface area contributed by atoms with Gasteiger partial charge in [-0.25, -0.2) is 4.98 Å². The second-order valence-electron chi connectivity index (χ2n) is 6.99. The fourth-order valence-electron chi connectivity index (χ4n) is 3.47. The zero-order chi connectivity index (χ0) is 18.1. The fraction of sp³-hybridized carbons (Fsp3) is 0.381. The van der Waals surface area contributed by atoms with Gasteiger partial charge in [0.1, 0.15) is 0 Å². The van der Waals surface area contributed by atoms with Gasteiger partial charge in [0.15, 0.2) is 5.13 Å². The van der Waals surface area contributed by atoms with Gasteiger partial charge in [-0.05, 0) is 48.2 Å². The number of anilines is 1. The normalized spacial score (nSPS) is 15.7. The Hall–Kier alpha value is -1.62. The van der Waals surface area contributed by atoms with Crippen molar-refractivity contribution in [3.8, 4) is 0 Å². The number of hydrogen-bond donors (Lipinski definition) is 0. The molecule has 0 saturated carbocycles. The predicted molar refractivity (Wildman–Crippen MR) is 113 cm³/mol. The van der Waals surface area contributed by atoms with Crippen LogP contribution in [0.25, 0.3) is 10.2 Å². The van der Waals surface area contributed by atoms with Gasteiger partial charge in [0.05, 0.1) is 10.2 Å². The molecule has 0 radical (unpaired) electrons. The van der Waals surface area contributed by atoms with Gasteiger partial charge in [-0.1, -0.05) is 48.1 Å². The van der Waals surface area contributed by atoms with Gasteiger partial charge in [-0.15, -0.1) is 0 Å². The van der Waals surface area contributed by atoms with Crippen molar-refractivity contribution in [1.29, 1.82) is 0 Å². The molecule has 2 heterocycles. The number of rotatable bonds is 4. The fourth-order valence-corrected chi connectivity index (χ4v) is 4.77. The molecule has 136 valence electrons. The number of nitrogens with zero attached hydrogens (tertiary/aromatic N) is 3. The van der Waals surface area contributed by atoms with Crippen molar-refractivity contribution in [2.45, 2.75) is 26.8 Å². The van der Waals surface area contributed by atoms with Crippen molar-refractivity contribution >= 4 is 38.3 Å². The average molecular weight is 386 g/mol. The lowest BCUT2D eigenvalue weighted by Crippen LogP contribution is -2.46. The minimum atomic E-state index is 0.780. The van der Waals surface area contributed by atoms with Crippen molar-refractivity contribution in [2.24, 2.45) is 0 Å². The molecule has 3 aromatic rings. The molecule has 1 aliphatic heterocycles. The van der Waals surface area contributed by atoms with Crippen LogP contribution in [0.15, 0.2) is 36.4 Å². The summed E-state index contributed by atoms with van der Waals surface area (Å²) in [5, 5.41) is 1.90. The van der Waals surface area contributed by atoms with E-state index in [-0.39, 0.29) is 0 Å². The third kappa shape index (κ3) is 3.73. The van der Waals surface area contributed by atoms with Crippen LogP contribution < -0.4 is 4.90 Å². The first-order valence-electron chi connectivity index (χ1n) is 9.24. The molecule has 0 atom stereocenters. The number of hydrogen-bond acceptors (Lipinski definition) is 4. The molecule has 0 spiro atoms. The maximum atomic E-state index is 6.10. The molecular weight excluding hydrogens is 362 g/mol. The summed E-state index contributed by atoms with van der Waals surface area (Å²) in [4.78, 5) is 9.76. The summed E-state index contributed by atoms with van der Waals surface area (Å²) in [6, 6.07) is 12.8. The smallest absolute Gasteiger partial charge is 0.186 e. The van der Waals surface area contributed by atoms with Gasteiger partial charge in [-0.2, -0.15) is 0 Å². The van der Waals surface area contributed by atoms with Gasteiger partial charge in [0.25, 0.3) is 0 Å². The maximum Gasteiger partial charge on any atom is 0.186 e. The van der Waals surface area contributed by atoms with Crippen LogP contribution >= 0.6 is 22.9 Å². The van der Waals surface area contributed by atoms with Crippen LogP contribution in [0.1, 0.15) is 23.6 Å². The SMILES string of the molecule is CCc1ccc(C)c(CN2CCN(c3nc4ccc(Cl)cc4s3)CC2)c1. The standard InChI is InChI=1S/C21H24ClN3S/c1-3-16-5-4-15(2)17(12-16)14-24-8-10-25(11-9-24)21-23-19-7-6-18(22)13-20(19)26-21/h4-7,12-13H,3,8-11,14H2,1-2H3. The summed E-state index contributed by atoms with van der Waals surface area (Å²) in [5.41, 5.74) is 5.33. The molecule has 0 bridgehead atoms. The van der Waals surface area contributed by atoms with E-state index in [1.807, 2.05) is 18.2 Å². The van der Waals surface area contributed by atoms with Gasteiger partial charge >= 0.3 is 0 Å². The molecule has 1 saturated heterocycles. The number of halogens is 1. The first-order chi connectivity index (χ1) is 12.6. The van der Waals surface area contributed by atoms with Gasteiger partial charge in [0.2, 0.25) is 0 Å². The summed E-state index contributed by atoms with van der Waals surface area (Å²) in [5.74, 6) is 0. The lowest BCUT2D eigenvalue weighted by atomic mass is 10.0. The zero-order valence-corrected chi connectivity index (χ0v) is 16.9. The molecule has 0 N–H and O–H groups in total. The average Bonchev–Trinajstić information content (AvgIpc) is 3.07. The lowest BCUT2D eigenvalue weighted by molar-refractivity contribution is 0.249. The van der Waals surface area contributed by atoms with E-state index in [1.54, 1.807) is 11.3 Å². The molecule has 1 aliphatic rings.